The number of ether oxygens (including phenoxy) is 4. The standard InChI is InChI=1S/C18H32O6/c1-8-9(2)15(16(19)20)24-18(11(8)4)23-14-10(3)12(5)17(21-7)22-13(14)6/h8-15,17-18H,1-7H3,(H,19,20)/t8-,9-,10+,11?,12?,13?,14-,15-,17-,18-/m1/s1. The molecule has 0 aromatic heterocycles. The Kier molecular flexibility index (Phi) is 6.29. The molecule has 2 saturated heterocycles. The predicted octanol–water partition coefficient (Wildman–Crippen LogP) is 2.75. The highest BCUT2D eigenvalue weighted by atomic mass is 16.7. The van der Waals surface area contributed by atoms with E-state index >= 15 is 0 Å². The van der Waals surface area contributed by atoms with Crippen molar-refractivity contribution in [2.45, 2.75) is 72.4 Å². The minimum atomic E-state index is -0.927. The van der Waals surface area contributed by atoms with Crippen LogP contribution in [0, 0.1) is 29.6 Å². The monoisotopic (exact) mass is 344 g/mol. The molecule has 10 atom stereocenters. The topological polar surface area (TPSA) is 74.2 Å². The molecule has 0 bridgehead atoms. The zero-order chi connectivity index (χ0) is 18.2. The first-order valence-corrected chi connectivity index (χ1v) is 8.91. The van der Waals surface area contributed by atoms with Crippen LogP contribution < -0.4 is 0 Å². The van der Waals surface area contributed by atoms with Gasteiger partial charge in [0.2, 0.25) is 0 Å². The van der Waals surface area contributed by atoms with Gasteiger partial charge in [-0.05, 0) is 24.7 Å². The number of hydrogen-bond donors (Lipinski definition) is 1. The van der Waals surface area contributed by atoms with Crippen LogP contribution >= 0.6 is 0 Å². The summed E-state index contributed by atoms with van der Waals surface area (Å²) in [5.74, 6) is -0.265. The predicted molar refractivity (Wildman–Crippen MR) is 88.3 cm³/mol. The average Bonchev–Trinajstić information content (AvgIpc) is 2.54. The maximum absolute atomic E-state index is 11.5. The summed E-state index contributed by atoms with van der Waals surface area (Å²) in [7, 11) is 1.65. The third kappa shape index (κ3) is 3.62. The smallest absolute Gasteiger partial charge is 0.333 e. The molecule has 140 valence electrons. The molecule has 0 spiro atoms. The third-order valence-corrected chi connectivity index (χ3v) is 6.20. The SMILES string of the molecule is CO[C@@H]1OC(C)[C@H](O[C@@H]2O[C@@H](C(=O)O)[C@H](C)[C@@H](C)C2C)[C@@H](C)C1C. The lowest BCUT2D eigenvalue weighted by Gasteiger charge is -2.47. The van der Waals surface area contributed by atoms with E-state index in [0.29, 0.717) is 0 Å². The number of carboxylic acid groups (broad SMARTS) is 1. The van der Waals surface area contributed by atoms with Gasteiger partial charge in [-0.1, -0.05) is 34.6 Å². The van der Waals surface area contributed by atoms with Gasteiger partial charge in [-0.25, -0.2) is 4.79 Å². The second-order valence-electron chi connectivity index (χ2n) is 7.60. The number of hydrogen-bond acceptors (Lipinski definition) is 5. The highest BCUT2D eigenvalue weighted by molar-refractivity contribution is 5.72. The fraction of sp³-hybridized carbons (Fsp3) is 0.944. The number of methoxy groups -OCH3 is 1. The van der Waals surface area contributed by atoms with Crippen LogP contribution in [0.15, 0.2) is 0 Å². The van der Waals surface area contributed by atoms with Gasteiger partial charge in [0, 0.05) is 18.9 Å². The van der Waals surface area contributed by atoms with E-state index in [0.717, 1.165) is 0 Å². The van der Waals surface area contributed by atoms with Gasteiger partial charge >= 0.3 is 5.97 Å². The van der Waals surface area contributed by atoms with Gasteiger partial charge in [0.1, 0.15) is 0 Å². The van der Waals surface area contributed by atoms with Gasteiger partial charge < -0.3 is 24.1 Å². The molecule has 6 nitrogen and oxygen atoms in total. The Labute approximate surface area is 144 Å². The van der Waals surface area contributed by atoms with Crippen molar-refractivity contribution in [2.24, 2.45) is 29.6 Å². The summed E-state index contributed by atoms with van der Waals surface area (Å²) in [4.78, 5) is 11.5. The van der Waals surface area contributed by atoms with Crippen molar-refractivity contribution in [2.75, 3.05) is 7.11 Å². The van der Waals surface area contributed by atoms with E-state index in [1.807, 2.05) is 13.8 Å². The minimum Gasteiger partial charge on any atom is -0.479 e. The Morgan fingerprint density at radius 1 is 0.833 bits per heavy atom. The normalized spacial score (nSPS) is 49.8. The minimum absolute atomic E-state index is 0.0494. The molecule has 2 fully saturated rings. The number of carbonyl (C=O) groups is 1. The highest BCUT2D eigenvalue weighted by Gasteiger charge is 2.47. The van der Waals surface area contributed by atoms with Gasteiger partial charge in [-0.2, -0.15) is 0 Å². The van der Waals surface area contributed by atoms with E-state index in [4.69, 9.17) is 18.9 Å². The van der Waals surface area contributed by atoms with Crippen LogP contribution in [0.1, 0.15) is 41.5 Å². The lowest BCUT2D eigenvalue weighted by molar-refractivity contribution is -0.316. The van der Waals surface area contributed by atoms with Crippen molar-refractivity contribution in [3.05, 3.63) is 0 Å². The molecule has 0 saturated carbocycles. The Balaban J connectivity index is 2.12. The molecule has 0 radical (unpaired) electrons. The van der Waals surface area contributed by atoms with E-state index < -0.39 is 18.4 Å². The van der Waals surface area contributed by atoms with E-state index in [-0.39, 0.29) is 48.1 Å². The lowest BCUT2D eigenvalue weighted by atomic mass is 9.78. The van der Waals surface area contributed by atoms with E-state index in [2.05, 4.69) is 27.7 Å². The van der Waals surface area contributed by atoms with Gasteiger partial charge in [0.15, 0.2) is 18.7 Å². The van der Waals surface area contributed by atoms with Gasteiger partial charge in [0.05, 0.1) is 12.2 Å². The van der Waals surface area contributed by atoms with Gasteiger partial charge in [-0.15, -0.1) is 0 Å². The van der Waals surface area contributed by atoms with Crippen molar-refractivity contribution >= 4 is 5.97 Å². The number of rotatable bonds is 4. The summed E-state index contributed by atoms with van der Waals surface area (Å²) < 4.78 is 23.4. The van der Waals surface area contributed by atoms with Crippen molar-refractivity contribution in [1.29, 1.82) is 0 Å². The van der Waals surface area contributed by atoms with Crippen LogP contribution in [0.5, 0.6) is 0 Å². The lowest BCUT2D eigenvalue weighted by Crippen LogP contribution is -2.55. The molecule has 0 aromatic carbocycles. The van der Waals surface area contributed by atoms with Crippen molar-refractivity contribution in [3.8, 4) is 0 Å². The van der Waals surface area contributed by atoms with Gasteiger partial charge in [-0.3, -0.25) is 0 Å². The summed E-state index contributed by atoms with van der Waals surface area (Å²) in [6.07, 6.45) is -1.92. The summed E-state index contributed by atoms with van der Waals surface area (Å²) >= 11 is 0. The van der Waals surface area contributed by atoms with E-state index in [1.165, 1.54) is 0 Å². The van der Waals surface area contributed by atoms with Crippen LogP contribution in [0.4, 0.5) is 0 Å². The molecule has 2 rings (SSSR count). The average molecular weight is 344 g/mol. The molecule has 3 unspecified atom stereocenters. The molecule has 1 N–H and O–H groups in total. The molecule has 2 aliphatic heterocycles. The van der Waals surface area contributed by atoms with E-state index in [1.54, 1.807) is 7.11 Å². The number of carboxylic acids is 1. The Bertz CT molecular complexity index is 441. The maximum atomic E-state index is 11.5. The van der Waals surface area contributed by atoms with Crippen LogP contribution in [0.25, 0.3) is 0 Å². The molecule has 0 amide bonds. The molecule has 2 heterocycles. The first kappa shape index (κ1) is 19.6. The van der Waals surface area contributed by atoms with Crippen LogP contribution in [-0.2, 0) is 23.7 Å². The van der Waals surface area contributed by atoms with Crippen molar-refractivity contribution in [3.63, 3.8) is 0 Å². The summed E-state index contributed by atoms with van der Waals surface area (Å²) in [5.41, 5.74) is 0. The zero-order valence-corrected chi connectivity index (χ0v) is 15.8. The van der Waals surface area contributed by atoms with Gasteiger partial charge in [0.25, 0.3) is 0 Å². The fourth-order valence-corrected chi connectivity index (χ4v) is 3.88. The molecule has 6 heteroatoms. The van der Waals surface area contributed by atoms with E-state index in [9.17, 15) is 9.90 Å². The summed E-state index contributed by atoms with van der Waals surface area (Å²) in [6.45, 7) is 12.2. The molecular formula is C18H32O6. The quantitative estimate of drug-likeness (QED) is 0.845. The third-order valence-electron chi connectivity index (χ3n) is 6.20. The Morgan fingerprint density at radius 2 is 1.42 bits per heavy atom. The first-order chi connectivity index (χ1) is 11.2. The second-order valence-corrected chi connectivity index (χ2v) is 7.60. The first-order valence-electron chi connectivity index (χ1n) is 8.91. The molecule has 24 heavy (non-hydrogen) atoms. The Morgan fingerprint density at radius 3 is 1.96 bits per heavy atom. The molecule has 0 aromatic rings. The highest BCUT2D eigenvalue weighted by Crippen LogP contribution is 2.39. The summed E-state index contributed by atoms with van der Waals surface area (Å²) in [6, 6.07) is 0. The van der Waals surface area contributed by atoms with Crippen molar-refractivity contribution < 1.29 is 28.8 Å². The van der Waals surface area contributed by atoms with Crippen LogP contribution in [0.3, 0.4) is 0 Å². The largest absolute Gasteiger partial charge is 0.479 e. The second kappa shape index (κ2) is 7.68. The van der Waals surface area contributed by atoms with Crippen molar-refractivity contribution in [1.82, 2.24) is 0 Å². The zero-order valence-electron chi connectivity index (χ0n) is 15.8. The maximum Gasteiger partial charge on any atom is 0.333 e. The van der Waals surface area contributed by atoms with Crippen LogP contribution in [-0.4, -0.2) is 49.1 Å². The fourth-order valence-electron chi connectivity index (χ4n) is 3.88. The number of aliphatic carboxylic acids is 1. The molecule has 0 aliphatic carbocycles. The van der Waals surface area contributed by atoms with Crippen LogP contribution in [0.2, 0.25) is 0 Å². The Hall–Kier alpha value is -0.690. The summed E-state index contributed by atoms with van der Waals surface area (Å²) in [5, 5.41) is 9.43. The molecule has 2 aliphatic rings. The molecular weight excluding hydrogens is 312 g/mol.